The van der Waals surface area contributed by atoms with Gasteiger partial charge in [0.15, 0.2) is 11.5 Å². The Kier molecular flexibility index (Phi) is 10.2. The molecule has 23 heteroatoms. The maximum Gasteiger partial charge on any atom is 0.486 e. The number of benzene rings is 2. The second-order valence-corrected chi connectivity index (χ2v) is 15.1. The molecule has 6 aromatic heterocycles. The summed E-state index contributed by atoms with van der Waals surface area (Å²) in [5.41, 5.74) is 1.41. The highest BCUT2D eigenvalue weighted by Gasteiger charge is 2.47. The molecule has 292 valence electrons. The van der Waals surface area contributed by atoms with Crippen LogP contribution in [0.5, 0.6) is 11.5 Å². The van der Waals surface area contributed by atoms with Gasteiger partial charge in [-0.3, -0.25) is 8.80 Å². The van der Waals surface area contributed by atoms with E-state index in [0.29, 0.717) is 29.5 Å². The van der Waals surface area contributed by atoms with Crippen LogP contribution in [0.3, 0.4) is 0 Å². The molecule has 8 aromatic rings. The number of methoxy groups -OCH3 is 1. The summed E-state index contributed by atoms with van der Waals surface area (Å²) in [5, 5.41) is 7.73. The topological polar surface area (TPSA) is 131 Å². The summed E-state index contributed by atoms with van der Waals surface area (Å²) in [6, 6.07) is 12.9. The smallest absolute Gasteiger partial charge is 0.486 e. The van der Waals surface area contributed by atoms with Gasteiger partial charge in [0.2, 0.25) is 18.3 Å². The lowest BCUT2D eigenvalue weighted by atomic mass is 10.2. The van der Waals surface area contributed by atoms with Crippen LogP contribution in [0, 0.1) is 3.70 Å². The number of hydrogen-bond donors (Lipinski definition) is 0. The minimum absolute atomic E-state index is 0.0142. The van der Waals surface area contributed by atoms with E-state index in [2.05, 4.69) is 67.0 Å². The molecule has 57 heavy (non-hydrogen) atoms. The van der Waals surface area contributed by atoms with Crippen molar-refractivity contribution in [3.05, 3.63) is 115 Å². The van der Waals surface area contributed by atoms with Crippen LogP contribution in [-0.2, 0) is 32.2 Å². The molecule has 0 radical (unpaired) electrons. The van der Waals surface area contributed by atoms with Crippen molar-refractivity contribution in [2.75, 3.05) is 7.11 Å². The number of rotatable bonds is 10. The molecule has 0 bridgehead atoms. The number of ether oxygens (including phenoxy) is 2. The van der Waals surface area contributed by atoms with Gasteiger partial charge in [-0.25, -0.2) is 29.6 Å². The Bertz CT molecular complexity index is 2770. The van der Waals surface area contributed by atoms with Crippen LogP contribution in [0.25, 0.3) is 34.6 Å². The number of aromatic nitrogens is 12. The highest BCUT2D eigenvalue weighted by atomic mass is 127. The molecule has 0 amide bonds. The van der Waals surface area contributed by atoms with Gasteiger partial charge in [0.25, 0.3) is 11.6 Å². The molecule has 0 aliphatic heterocycles. The first kappa shape index (κ1) is 38.7. The van der Waals surface area contributed by atoms with Crippen molar-refractivity contribution < 1.29 is 40.4 Å². The van der Waals surface area contributed by atoms with Crippen LogP contribution >= 0.6 is 54.5 Å². The zero-order chi connectivity index (χ0) is 40.2. The molecular weight excluding hydrogens is 1010 g/mol. The summed E-state index contributed by atoms with van der Waals surface area (Å²) in [5.74, 6) is -1.53. The van der Waals surface area contributed by atoms with E-state index in [1.807, 2.05) is 22.6 Å². The van der Waals surface area contributed by atoms with E-state index < -0.39 is 30.7 Å². The number of imidazole rings is 2. The fraction of sp³-hybridized carbons (Fsp3) is 0.176. The summed E-state index contributed by atoms with van der Waals surface area (Å²) in [6.45, 7) is -0.861. The molecule has 14 nitrogen and oxygen atoms in total. The first-order chi connectivity index (χ1) is 27.1. The van der Waals surface area contributed by atoms with Crippen LogP contribution < -0.4 is 14.0 Å². The molecular formula is C34H22Br2F6IN12O2+. The Morgan fingerprint density at radius 2 is 1.37 bits per heavy atom. The number of alkyl halides is 6. The van der Waals surface area contributed by atoms with E-state index >= 15 is 0 Å². The van der Waals surface area contributed by atoms with E-state index in [-0.39, 0.29) is 53.4 Å². The lowest BCUT2D eigenvalue weighted by Crippen LogP contribution is -2.44. The average Bonchev–Trinajstić information content (AvgIpc) is 3.94. The van der Waals surface area contributed by atoms with E-state index in [1.54, 1.807) is 57.6 Å². The van der Waals surface area contributed by atoms with Crippen LogP contribution in [0.4, 0.5) is 26.3 Å². The van der Waals surface area contributed by atoms with Crippen LogP contribution in [-0.4, -0.2) is 60.4 Å². The van der Waals surface area contributed by atoms with Crippen LogP contribution in [0.1, 0.15) is 22.8 Å². The predicted molar refractivity (Wildman–Crippen MR) is 203 cm³/mol. The first-order valence-corrected chi connectivity index (χ1v) is 19.0. The van der Waals surface area contributed by atoms with Crippen molar-refractivity contribution in [1.29, 1.82) is 0 Å². The van der Waals surface area contributed by atoms with Crippen LogP contribution in [0.15, 0.2) is 88.5 Å². The number of halogens is 9. The molecule has 0 atom stereocenters. The monoisotopic (exact) mass is 1030 g/mol. The largest absolute Gasteiger partial charge is 0.497 e. The number of fused-ring (bicyclic) bond motifs is 2. The molecule has 2 aromatic carbocycles. The summed E-state index contributed by atoms with van der Waals surface area (Å²) in [6.07, 6.45) is -1.85. The fourth-order valence-corrected chi connectivity index (χ4v) is 7.16. The summed E-state index contributed by atoms with van der Waals surface area (Å²) in [7, 11) is 1.50. The molecule has 6 heterocycles. The molecule has 0 aliphatic rings. The van der Waals surface area contributed by atoms with Gasteiger partial charge >= 0.3 is 18.2 Å². The lowest BCUT2D eigenvalue weighted by molar-refractivity contribution is -0.731. The Balaban J connectivity index is 1.11. The van der Waals surface area contributed by atoms with Crippen molar-refractivity contribution in [3.8, 4) is 34.5 Å². The summed E-state index contributed by atoms with van der Waals surface area (Å²) >= 11 is 8.62. The Morgan fingerprint density at radius 1 is 0.737 bits per heavy atom. The zero-order valence-corrected chi connectivity index (χ0v) is 34.0. The maximum atomic E-state index is 14.7. The molecule has 0 saturated carbocycles. The van der Waals surface area contributed by atoms with Gasteiger partial charge in [-0.2, -0.15) is 30.9 Å². The second kappa shape index (κ2) is 15.0. The first-order valence-electron chi connectivity index (χ1n) is 16.3. The molecule has 0 unspecified atom stereocenters. The number of hydrogen-bond acceptors (Lipinski definition) is 9. The Labute approximate surface area is 346 Å². The number of nitrogens with zero attached hydrogens (tertiary/aromatic N) is 12. The summed E-state index contributed by atoms with van der Waals surface area (Å²) < 4.78 is 105. The lowest BCUT2D eigenvalue weighted by Gasteiger charge is -2.10. The zero-order valence-electron chi connectivity index (χ0n) is 28.7. The van der Waals surface area contributed by atoms with Crippen molar-refractivity contribution in [1.82, 2.24) is 53.3 Å². The fourth-order valence-electron chi connectivity index (χ4n) is 5.82. The summed E-state index contributed by atoms with van der Waals surface area (Å²) in [4.78, 5) is 21.1. The standard InChI is InChI=1S/C34H22Br2F6IN12O2/c1-56-22-6-2-19(3-7-22)13-55-28(24-16-51-14-20(35)10-44-31(51)46-24)53(30(50-55)34(40,41)42)17-57-23-8-4-18(5-9-23)12-54-27(48-29(49-54)33(37,38)39)25-26(43)52-15-21(36)11-45-32(52)47-25/h2-11,14-16H,12-13,17H2,1H3/q+1. The molecule has 8 rings (SSSR count). The average molecular weight is 1030 g/mol. The van der Waals surface area contributed by atoms with Crippen LogP contribution in [0.2, 0.25) is 0 Å². The SMILES string of the molecule is COc1ccc(Cn2nc(C(F)(F)F)[n+](COc3ccc(Cn4nc(C(F)(F)F)nc4-c4nc5ncc(Br)cn5c4I)cc3)c2-c2cn3cc(Br)cnc3n2)cc1. The highest BCUT2D eigenvalue weighted by molar-refractivity contribution is 14.1. The van der Waals surface area contributed by atoms with Gasteiger partial charge in [-0.1, -0.05) is 24.3 Å². The predicted octanol–water partition coefficient (Wildman–Crippen LogP) is 7.49. The van der Waals surface area contributed by atoms with E-state index in [0.717, 1.165) is 9.25 Å². The minimum Gasteiger partial charge on any atom is -0.497 e. The van der Waals surface area contributed by atoms with Gasteiger partial charge in [-0.05, 0) is 89.8 Å². The highest BCUT2D eigenvalue weighted by Crippen LogP contribution is 2.32. The minimum atomic E-state index is -4.90. The van der Waals surface area contributed by atoms with E-state index in [9.17, 15) is 26.3 Å². The van der Waals surface area contributed by atoms with E-state index in [4.69, 9.17) is 9.47 Å². The molecule has 0 fully saturated rings. The van der Waals surface area contributed by atoms with Gasteiger partial charge in [-0.15, -0.1) is 9.78 Å². The third kappa shape index (κ3) is 7.90. The van der Waals surface area contributed by atoms with Crippen molar-refractivity contribution in [2.45, 2.75) is 32.2 Å². The molecule has 0 aliphatic carbocycles. The molecule has 0 saturated heterocycles. The van der Waals surface area contributed by atoms with Gasteiger partial charge in [0, 0.05) is 31.0 Å². The van der Waals surface area contributed by atoms with Crippen molar-refractivity contribution in [2.24, 2.45) is 0 Å². The van der Waals surface area contributed by atoms with Gasteiger partial charge in [0.1, 0.15) is 27.4 Å². The molecule has 0 N–H and O–H groups in total. The van der Waals surface area contributed by atoms with Crippen molar-refractivity contribution >= 4 is 66.0 Å². The third-order valence-electron chi connectivity index (χ3n) is 8.37. The van der Waals surface area contributed by atoms with E-state index in [1.165, 1.54) is 42.5 Å². The normalized spacial score (nSPS) is 12.2. The van der Waals surface area contributed by atoms with Gasteiger partial charge in [0.05, 0.1) is 27.7 Å². The second-order valence-electron chi connectivity index (χ2n) is 12.2. The molecule has 0 spiro atoms. The Hall–Kier alpha value is -5.17. The quantitative estimate of drug-likeness (QED) is 0.0778. The van der Waals surface area contributed by atoms with Gasteiger partial charge < -0.3 is 9.47 Å². The maximum absolute atomic E-state index is 14.7. The third-order valence-corrected chi connectivity index (χ3v) is 10.2. The Morgan fingerprint density at radius 3 is 2.02 bits per heavy atom. The van der Waals surface area contributed by atoms with Crippen molar-refractivity contribution in [3.63, 3.8) is 0 Å².